The number of halogens is 1. The van der Waals surface area contributed by atoms with Crippen molar-refractivity contribution in [2.75, 3.05) is 12.9 Å². The summed E-state index contributed by atoms with van der Waals surface area (Å²) in [4.78, 5) is 25.0. The maximum atomic E-state index is 12.9. The van der Waals surface area contributed by atoms with E-state index in [4.69, 9.17) is 9.47 Å². The molecule has 2 N–H and O–H groups in total. The zero-order chi connectivity index (χ0) is 20.5. The third-order valence-electron chi connectivity index (χ3n) is 3.52. The smallest absolute Gasteiger partial charge is 0.269 e. The van der Waals surface area contributed by atoms with Crippen LogP contribution in [0.3, 0.4) is 0 Å². The van der Waals surface area contributed by atoms with Gasteiger partial charge in [0.05, 0.1) is 13.2 Å². The van der Waals surface area contributed by atoms with Crippen molar-refractivity contribution in [3.8, 4) is 11.5 Å². The number of ether oxygens (including phenoxy) is 2. The van der Waals surface area contributed by atoms with Crippen LogP contribution in [0.25, 0.3) is 0 Å². The molecule has 0 radical (unpaired) electrons. The molecule has 0 spiro atoms. The first-order valence-electron chi connectivity index (χ1n) is 8.71. The van der Waals surface area contributed by atoms with Gasteiger partial charge < -0.3 is 9.47 Å². The summed E-state index contributed by atoms with van der Waals surface area (Å²) < 4.78 is 23.7. The van der Waals surface area contributed by atoms with Crippen LogP contribution in [0.1, 0.15) is 30.6 Å². The van der Waals surface area contributed by atoms with E-state index in [9.17, 15) is 14.0 Å². The van der Waals surface area contributed by atoms with Crippen LogP contribution < -0.4 is 20.3 Å². The molecule has 0 atom stereocenters. The van der Waals surface area contributed by atoms with E-state index in [1.807, 2.05) is 13.8 Å². The van der Waals surface area contributed by atoms with Gasteiger partial charge in [-0.05, 0) is 56.3 Å². The number of methoxy groups -OCH3 is 1. The van der Waals surface area contributed by atoms with Crippen molar-refractivity contribution in [1.82, 2.24) is 10.9 Å². The van der Waals surface area contributed by atoms with Gasteiger partial charge in [0.1, 0.15) is 5.82 Å². The highest BCUT2D eigenvalue weighted by atomic mass is 32.2. The summed E-state index contributed by atoms with van der Waals surface area (Å²) in [6.07, 6.45) is 0.174. The minimum Gasteiger partial charge on any atom is -0.493 e. The molecule has 2 aromatic carbocycles. The van der Waals surface area contributed by atoms with Gasteiger partial charge in [0.15, 0.2) is 11.5 Å². The van der Waals surface area contributed by atoms with Gasteiger partial charge in [0.2, 0.25) is 5.91 Å². The Balaban J connectivity index is 1.80. The van der Waals surface area contributed by atoms with E-state index in [1.54, 1.807) is 30.3 Å². The number of rotatable bonds is 8. The van der Waals surface area contributed by atoms with Crippen molar-refractivity contribution in [3.05, 3.63) is 53.8 Å². The molecule has 0 saturated heterocycles. The third-order valence-corrected chi connectivity index (χ3v) is 4.53. The number of hydrogen-bond donors (Lipinski definition) is 2. The summed E-state index contributed by atoms with van der Waals surface area (Å²) in [5, 5.41) is 0. The predicted octanol–water partition coefficient (Wildman–Crippen LogP) is 3.56. The summed E-state index contributed by atoms with van der Waals surface area (Å²) >= 11 is 1.43. The zero-order valence-electron chi connectivity index (χ0n) is 16.0. The molecule has 150 valence electrons. The number of amides is 2. The molecule has 0 unspecified atom stereocenters. The Morgan fingerprint density at radius 2 is 1.79 bits per heavy atom. The fraction of sp³-hybridized carbons (Fsp3) is 0.300. The molecule has 2 rings (SSSR count). The first-order chi connectivity index (χ1) is 13.4. The van der Waals surface area contributed by atoms with E-state index < -0.39 is 5.91 Å². The Bertz CT molecular complexity index is 812. The molecular weight excluding hydrogens is 383 g/mol. The van der Waals surface area contributed by atoms with Crippen LogP contribution in [-0.2, 0) is 4.79 Å². The highest BCUT2D eigenvalue weighted by molar-refractivity contribution is 7.99. The lowest BCUT2D eigenvalue weighted by Crippen LogP contribution is -2.41. The summed E-state index contributed by atoms with van der Waals surface area (Å²) in [5.74, 6) is 0.385. The maximum absolute atomic E-state index is 12.9. The lowest BCUT2D eigenvalue weighted by Gasteiger charge is -2.14. The van der Waals surface area contributed by atoms with Gasteiger partial charge >= 0.3 is 0 Å². The van der Waals surface area contributed by atoms with E-state index in [0.29, 0.717) is 22.8 Å². The molecule has 0 bridgehead atoms. The van der Waals surface area contributed by atoms with Gasteiger partial charge in [-0.15, -0.1) is 11.8 Å². The molecule has 6 nitrogen and oxygen atoms in total. The van der Waals surface area contributed by atoms with Gasteiger partial charge in [-0.1, -0.05) is 0 Å². The second-order valence-corrected chi connectivity index (χ2v) is 7.26. The Morgan fingerprint density at radius 3 is 2.43 bits per heavy atom. The second-order valence-electron chi connectivity index (χ2n) is 6.09. The summed E-state index contributed by atoms with van der Waals surface area (Å²) in [7, 11) is 1.49. The van der Waals surface area contributed by atoms with Crippen LogP contribution in [0.2, 0.25) is 0 Å². The van der Waals surface area contributed by atoms with Crippen molar-refractivity contribution in [2.24, 2.45) is 0 Å². The summed E-state index contributed by atoms with van der Waals surface area (Å²) in [6.45, 7) is 3.79. The molecular formula is C20H23FN2O4S. The lowest BCUT2D eigenvalue weighted by molar-refractivity contribution is -0.121. The number of hydrogen-bond acceptors (Lipinski definition) is 5. The Hall–Kier alpha value is -2.74. The van der Waals surface area contributed by atoms with Crippen molar-refractivity contribution in [1.29, 1.82) is 0 Å². The van der Waals surface area contributed by atoms with Crippen LogP contribution in [0.4, 0.5) is 4.39 Å². The van der Waals surface area contributed by atoms with Crippen LogP contribution in [0.15, 0.2) is 47.4 Å². The molecule has 0 aliphatic heterocycles. The fourth-order valence-corrected chi connectivity index (χ4v) is 3.07. The van der Waals surface area contributed by atoms with Gasteiger partial charge in [-0.25, -0.2) is 4.39 Å². The topological polar surface area (TPSA) is 76.7 Å². The van der Waals surface area contributed by atoms with Crippen molar-refractivity contribution < 1.29 is 23.5 Å². The third kappa shape index (κ3) is 6.77. The standard InChI is InChI=1S/C20H23FN2O4S/c1-13(2)27-17-9-4-14(12-18(17)26-3)20(25)23-22-19(24)10-11-28-16-7-5-15(21)6-8-16/h4-9,12-13H,10-11H2,1-3H3,(H,22,24)(H,23,25). The van der Waals surface area contributed by atoms with Gasteiger partial charge in [0.25, 0.3) is 5.91 Å². The molecule has 8 heteroatoms. The van der Waals surface area contributed by atoms with E-state index in [0.717, 1.165) is 4.90 Å². The molecule has 0 heterocycles. The monoisotopic (exact) mass is 406 g/mol. The lowest BCUT2D eigenvalue weighted by atomic mass is 10.2. The number of hydrazine groups is 1. The molecule has 28 heavy (non-hydrogen) atoms. The van der Waals surface area contributed by atoms with Crippen LogP contribution in [0, 0.1) is 5.82 Å². The summed E-state index contributed by atoms with van der Waals surface area (Å²) in [5.41, 5.74) is 5.08. The van der Waals surface area contributed by atoms with Crippen molar-refractivity contribution >= 4 is 23.6 Å². The van der Waals surface area contributed by atoms with E-state index >= 15 is 0 Å². The average Bonchev–Trinajstić information content (AvgIpc) is 2.67. The quantitative estimate of drug-likeness (QED) is 0.518. The largest absolute Gasteiger partial charge is 0.493 e. The predicted molar refractivity (Wildman–Crippen MR) is 106 cm³/mol. The van der Waals surface area contributed by atoms with Gasteiger partial charge in [-0.3, -0.25) is 20.4 Å². The number of nitrogens with one attached hydrogen (secondary N) is 2. The molecule has 0 aliphatic rings. The number of benzene rings is 2. The van der Waals surface area contributed by atoms with Gasteiger partial charge in [-0.2, -0.15) is 0 Å². The van der Waals surface area contributed by atoms with E-state index in [2.05, 4.69) is 10.9 Å². The minimum absolute atomic E-state index is 0.0272. The Labute approximate surface area is 167 Å². The normalized spacial score (nSPS) is 10.5. The number of thioether (sulfide) groups is 1. The molecule has 2 aromatic rings. The van der Waals surface area contributed by atoms with Crippen molar-refractivity contribution in [3.63, 3.8) is 0 Å². The molecule has 0 fully saturated rings. The fourth-order valence-electron chi connectivity index (χ4n) is 2.21. The van der Waals surface area contributed by atoms with E-state index in [1.165, 1.54) is 31.0 Å². The molecule has 0 saturated carbocycles. The van der Waals surface area contributed by atoms with Crippen molar-refractivity contribution in [2.45, 2.75) is 31.3 Å². The zero-order valence-corrected chi connectivity index (χ0v) is 16.8. The number of carbonyl (C=O) groups is 2. The molecule has 0 aromatic heterocycles. The van der Waals surface area contributed by atoms with E-state index in [-0.39, 0.29) is 24.2 Å². The second kappa shape index (κ2) is 10.6. The van der Waals surface area contributed by atoms with Crippen LogP contribution in [-0.4, -0.2) is 30.8 Å². The molecule has 2 amide bonds. The molecule has 0 aliphatic carbocycles. The Kier molecular flexibility index (Phi) is 8.13. The maximum Gasteiger partial charge on any atom is 0.269 e. The Morgan fingerprint density at radius 1 is 1.07 bits per heavy atom. The first kappa shape index (κ1) is 21.6. The highest BCUT2D eigenvalue weighted by Crippen LogP contribution is 2.28. The highest BCUT2D eigenvalue weighted by Gasteiger charge is 2.13. The van der Waals surface area contributed by atoms with Crippen LogP contribution in [0.5, 0.6) is 11.5 Å². The first-order valence-corrected chi connectivity index (χ1v) is 9.70. The van der Waals surface area contributed by atoms with Crippen LogP contribution >= 0.6 is 11.8 Å². The minimum atomic E-state index is -0.464. The SMILES string of the molecule is COc1cc(C(=O)NNC(=O)CCSc2ccc(F)cc2)ccc1OC(C)C. The average molecular weight is 406 g/mol. The van der Waals surface area contributed by atoms with Gasteiger partial charge in [0, 0.05) is 22.6 Å². The number of carbonyl (C=O) groups excluding carboxylic acids is 2. The summed E-state index contributed by atoms with van der Waals surface area (Å²) in [6, 6.07) is 10.8.